The minimum atomic E-state index is -3.74. The van der Waals surface area contributed by atoms with Crippen LogP contribution >= 0.6 is 0 Å². The van der Waals surface area contributed by atoms with E-state index in [0.717, 1.165) is 16.5 Å². The van der Waals surface area contributed by atoms with Crippen LogP contribution < -0.4 is 0 Å². The number of hydrogen-bond donors (Lipinski definition) is 0. The van der Waals surface area contributed by atoms with E-state index in [-0.39, 0.29) is 31.0 Å². The fourth-order valence-electron chi connectivity index (χ4n) is 4.82. The van der Waals surface area contributed by atoms with E-state index in [4.69, 9.17) is 9.47 Å². The lowest BCUT2D eigenvalue weighted by molar-refractivity contribution is -0.145. The van der Waals surface area contributed by atoms with Gasteiger partial charge in [-0.1, -0.05) is 35.9 Å². The maximum Gasteiger partial charge on any atom is 0.419 e. The molecule has 1 aromatic heterocycles. The first-order valence-electron chi connectivity index (χ1n) is 13.2. The second-order valence-electron chi connectivity index (χ2n) is 10.8. The van der Waals surface area contributed by atoms with Crippen molar-refractivity contribution in [2.24, 2.45) is 0 Å². The zero-order valence-electron chi connectivity index (χ0n) is 23.2. The van der Waals surface area contributed by atoms with Crippen molar-refractivity contribution in [1.29, 1.82) is 0 Å². The van der Waals surface area contributed by atoms with E-state index in [1.807, 2.05) is 62.9 Å². The van der Waals surface area contributed by atoms with Crippen molar-refractivity contribution in [2.75, 3.05) is 26.2 Å². The number of benzene rings is 2. The van der Waals surface area contributed by atoms with Crippen molar-refractivity contribution >= 4 is 33.0 Å². The van der Waals surface area contributed by atoms with Crippen molar-refractivity contribution in [3.05, 3.63) is 65.9 Å². The largest absolute Gasteiger partial charge is 0.466 e. The Morgan fingerprint density at radius 1 is 1.03 bits per heavy atom. The number of carbonyl (C=O) groups is 2. The Labute approximate surface area is 230 Å². The molecule has 2 aromatic carbocycles. The quantitative estimate of drug-likeness (QED) is 0.394. The molecule has 0 N–H and O–H groups in total. The van der Waals surface area contributed by atoms with E-state index in [1.165, 1.54) is 4.31 Å². The SMILES string of the molecule is CCOC(=O)CC1CN(S(=O)(=O)c2ccc(C)cc2)CCN1Cc1cc2ccccc2n1C(=O)OC(C)(C)C. The average molecular weight is 556 g/mol. The Morgan fingerprint density at radius 3 is 2.38 bits per heavy atom. The van der Waals surface area contributed by atoms with Gasteiger partial charge in [0.05, 0.1) is 23.4 Å². The molecular weight excluding hydrogens is 518 g/mol. The summed E-state index contributed by atoms with van der Waals surface area (Å²) in [6.07, 6.45) is -0.457. The molecule has 4 rings (SSSR count). The molecule has 0 spiro atoms. The number of esters is 1. The highest BCUT2D eigenvalue weighted by Gasteiger charge is 2.36. The lowest BCUT2D eigenvalue weighted by atomic mass is 10.1. The molecular formula is C29H37N3O6S. The number of ether oxygens (including phenoxy) is 2. The number of carbonyl (C=O) groups excluding carboxylic acids is 2. The highest BCUT2D eigenvalue weighted by molar-refractivity contribution is 7.89. The molecule has 0 amide bonds. The smallest absolute Gasteiger partial charge is 0.419 e. The fourth-order valence-corrected chi connectivity index (χ4v) is 6.28. The van der Waals surface area contributed by atoms with Gasteiger partial charge in [-0.25, -0.2) is 17.8 Å². The van der Waals surface area contributed by atoms with E-state index in [2.05, 4.69) is 0 Å². The number of hydrogen-bond acceptors (Lipinski definition) is 7. The van der Waals surface area contributed by atoms with Gasteiger partial charge in [0.25, 0.3) is 0 Å². The Balaban J connectivity index is 1.65. The zero-order valence-corrected chi connectivity index (χ0v) is 24.0. The summed E-state index contributed by atoms with van der Waals surface area (Å²) in [6.45, 7) is 10.4. The highest BCUT2D eigenvalue weighted by atomic mass is 32.2. The molecule has 39 heavy (non-hydrogen) atoms. The third-order valence-electron chi connectivity index (χ3n) is 6.66. The molecule has 1 fully saturated rings. The van der Waals surface area contributed by atoms with Crippen molar-refractivity contribution < 1.29 is 27.5 Å². The van der Waals surface area contributed by atoms with Crippen molar-refractivity contribution in [2.45, 2.75) is 64.1 Å². The Morgan fingerprint density at radius 2 is 1.72 bits per heavy atom. The summed E-state index contributed by atoms with van der Waals surface area (Å²) in [5.74, 6) is -0.394. The second-order valence-corrected chi connectivity index (χ2v) is 12.8. The fraction of sp³-hybridized carbons (Fsp3) is 0.448. The first-order valence-corrected chi connectivity index (χ1v) is 14.6. The van der Waals surface area contributed by atoms with Gasteiger partial charge < -0.3 is 9.47 Å². The highest BCUT2D eigenvalue weighted by Crippen LogP contribution is 2.27. The molecule has 3 aromatic rings. The van der Waals surface area contributed by atoms with E-state index < -0.39 is 33.7 Å². The molecule has 0 saturated carbocycles. The zero-order chi connectivity index (χ0) is 28.4. The van der Waals surface area contributed by atoms with Crippen LogP contribution in [0.15, 0.2) is 59.5 Å². The van der Waals surface area contributed by atoms with Gasteiger partial charge in [-0.05, 0) is 58.9 Å². The van der Waals surface area contributed by atoms with Gasteiger partial charge in [0.1, 0.15) is 5.60 Å². The average Bonchev–Trinajstić information content (AvgIpc) is 3.22. The van der Waals surface area contributed by atoms with Gasteiger partial charge in [-0.15, -0.1) is 0 Å². The maximum absolute atomic E-state index is 13.4. The Bertz CT molecular complexity index is 1440. The van der Waals surface area contributed by atoms with Crippen molar-refractivity contribution in [1.82, 2.24) is 13.8 Å². The maximum atomic E-state index is 13.4. The van der Waals surface area contributed by atoms with Gasteiger partial charge in [-0.2, -0.15) is 4.31 Å². The summed E-state index contributed by atoms with van der Waals surface area (Å²) in [4.78, 5) is 28.1. The number of rotatable bonds is 7. The summed E-state index contributed by atoms with van der Waals surface area (Å²) in [7, 11) is -3.74. The first-order chi connectivity index (χ1) is 18.4. The number of aryl methyl sites for hydroxylation is 1. The summed E-state index contributed by atoms with van der Waals surface area (Å²) in [5.41, 5.74) is 1.72. The van der Waals surface area contributed by atoms with Crippen LogP contribution in [0.25, 0.3) is 10.9 Å². The number of sulfonamides is 1. The van der Waals surface area contributed by atoms with Crippen LogP contribution in [0.1, 0.15) is 45.4 Å². The molecule has 0 radical (unpaired) electrons. The lowest BCUT2D eigenvalue weighted by Gasteiger charge is -2.40. The Hall–Kier alpha value is -3.21. The van der Waals surface area contributed by atoms with Gasteiger partial charge in [-0.3, -0.25) is 9.69 Å². The predicted molar refractivity (Wildman–Crippen MR) is 149 cm³/mol. The van der Waals surface area contributed by atoms with E-state index in [0.29, 0.717) is 18.8 Å². The van der Waals surface area contributed by atoms with Crippen molar-refractivity contribution in [3.8, 4) is 0 Å². The van der Waals surface area contributed by atoms with Gasteiger partial charge >= 0.3 is 12.1 Å². The predicted octanol–water partition coefficient (Wildman–Crippen LogP) is 4.56. The standard InChI is InChI=1S/C29H37N3O6S/c1-6-37-27(33)18-23-20-31(39(35,36)25-13-11-21(2)12-14-25)16-15-30(23)19-24-17-22-9-7-8-10-26(22)32(24)28(34)38-29(3,4)5/h7-14,17,23H,6,15-16,18-20H2,1-5H3. The van der Waals surface area contributed by atoms with Crippen LogP contribution in [0.3, 0.4) is 0 Å². The van der Waals surface area contributed by atoms with Crippen LogP contribution in [0.4, 0.5) is 4.79 Å². The van der Waals surface area contributed by atoms with Crippen LogP contribution in [-0.4, -0.2) is 72.1 Å². The molecule has 10 heteroatoms. The minimum Gasteiger partial charge on any atom is -0.466 e. The number of fused-ring (bicyclic) bond motifs is 1. The van der Waals surface area contributed by atoms with E-state index in [1.54, 1.807) is 35.8 Å². The monoisotopic (exact) mass is 555 g/mol. The summed E-state index contributed by atoms with van der Waals surface area (Å²) in [6, 6.07) is 15.8. The molecule has 2 heterocycles. The number of para-hydroxylation sites is 1. The molecule has 210 valence electrons. The Kier molecular flexibility index (Phi) is 8.48. The number of aromatic nitrogens is 1. The van der Waals surface area contributed by atoms with Gasteiger partial charge in [0.2, 0.25) is 10.0 Å². The number of nitrogens with zero attached hydrogens (tertiary/aromatic N) is 3. The number of piperazine rings is 1. The molecule has 1 aliphatic rings. The van der Waals surface area contributed by atoms with Crippen molar-refractivity contribution in [3.63, 3.8) is 0 Å². The van der Waals surface area contributed by atoms with Crippen LogP contribution in [0, 0.1) is 6.92 Å². The summed E-state index contributed by atoms with van der Waals surface area (Å²) in [5, 5.41) is 0.890. The topological polar surface area (TPSA) is 98.1 Å². The normalized spacial score (nSPS) is 17.3. The van der Waals surface area contributed by atoms with E-state index >= 15 is 0 Å². The van der Waals surface area contributed by atoms with Gasteiger partial charge in [0.15, 0.2) is 0 Å². The molecule has 1 aliphatic heterocycles. The summed E-state index contributed by atoms with van der Waals surface area (Å²) >= 11 is 0. The molecule has 0 aliphatic carbocycles. The third-order valence-corrected chi connectivity index (χ3v) is 8.54. The lowest BCUT2D eigenvalue weighted by Crippen LogP contribution is -2.55. The molecule has 1 saturated heterocycles. The van der Waals surface area contributed by atoms with Gasteiger partial charge in [0, 0.05) is 43.3 Å². The molecule has 1 unspecified atom stereocenters. The van der Waals surface area contributed by atoms with Crippen LogP contribution in [0.2, 0.25) is 0 Å². The molecule has 9 nitrogen and oxygen atoms in total. The second kappa shape index (κ2) is 11.5. The van der Waals surface area contributed by atoms with Crippen LogP contribution in [-0.2, 0) is 30.8 Å². The third kappa shape index (κ3) is 6.69. The first kappa shape index (κ1) is 28.8. The minimum absolute atomic E-state index is 0.0282. The van der Waals surface area contributed by atoms with Crippen LogP contribution in [0.5, 0.6) is 0 Å². The van der Waals surface area contributed by atoms with E-state index in [9.17, 15) is 18.0 Å². The molecule has 0 bridgehead atoms. The molecule has 1 atom stereocenters. The summed E-state index contributed by atoms with van der Waals surface area (Å²) < 4.78 is 40.8.